The fraction of sp³-hybridized carbons (Fsp3) is 0.368. The molecule has 0 saturated heterocycles. The number of rotatable bonds is 4. The second-order valence-corrected chi connectivity index (χ2v) is 7.03. The molecule has 1 heteroatoms. The Morgan fingerprint density at radius 1 is 0.900 bits per heavy atom. The molecule has 0 spiro atoms. The minimum Gasteiger partial charge on any atom is -0.0835 e. The number of hydrogen-bond donors (Lipinski definition) is 0. The molecule has 0 amide bonds. The highest BCUT2D eigenvalue weighted by Crippen LogP contribution is 2.29. The quantitative estimate of drug-likeness (QED) is 0.593. The fourth-order valence-electron chi connectivity index (χ4n) is 2.42. The number of benzene rings is 2. The van der Waals surface area contributed by atoms with Crippen molar-refractivity contribution < 1.29 is 0 Å². The van der Waals surface area contributed by atoms with Crippen molar-refractivity contribution in [2.75, 3.05) is 0 Å². The van der Waals surface area contributed by atoms with E-state index in [1.165, 1.54) is 27.8 Å². The van der Waals surface area contributed by atoms with E-state index in [1.54, 1.807) is 0 Å². The average Bonchev–Trinajstić information content (AvgIpc) is 2.43. The maximum atomic E-state index is 3.84. The minimum absolute atomic E-state index is 0.379. The van der Waals surface area contributed by atoms with Gasteiger partial charge in [-0.05, 0) is 48.4 Å². The van der Waals surface area contributed by atoms with Gasteiger partial charge < -0.3 is 0 Å². The summed E-state index contributed by atoms with van der Waals surface area (Å²) in [5.41, 5.74) is 6.90. The molecular weight excluding hydrogens is 308 g/mol. The first kappa shape index (κ1) is 15.3. The normalized spacial score (nSPS) is 12.7. The van der Waals surface area contributed by atoms with Crippen molar-refractivity contribution in [2.45, 2.75) is 44.9 Å². The summed E-state index contributed by atoms with van der Waals surface area (Å²) in [6, 6.07) is 15.7. The maximum Gasteiger partial charge on any atom is 0.0435 e. The molecule has 0 bridgehead atoms. The summed E-state index contributed by atoms with van der Waals surface area (Å²) in [6.07, 6.45) is 1.04. The van der Waals surface area contributed by atoms with E-state index in [-0.39, 0.29) is 0 Å². The van der Waals surface area contributed by atoms with Crippen LogP contribution in [0.5, 0.6) is 0 Å². The first-order valence-corrected chi connectivity index (χ1v) is 8.19. The standard InChI is InChI=1S/C19H23Br/c1-13(2)16-7-9-17(10-8-16)19(20)12-18-11-14(3)5-6-15(18)4/h5-11,13,19H,12H2,1-4H3. The first-order valence-electron chi connectivity index (χ1n) is 7.27. The van der Waals surface area contributed by atoms with Crippen LogP contribution in [0.2, 0.25) is 0 Å². The molecule has 0 aromatic heterocycles. The third-order valence-electron chi connectivity index (χ3n) is 3.87. The molecule has 20 heavy (non-hydrogen) atoms. The van der Waals surface area contributed by atoms with Gasteiger partial charge in [0.15, 0.2) is 0 Å². The molecular formula is C19H23Br. The van der Waals surface area contributed by atoms with Crippen molar-refractivity contribution in [3.05, 3.63) is 70.3 Å². The Morgan fingerprint density at radius 3 is 2.10 bits per heavy atom. The number of halogens is 1. The minimum atomic E-state index is 0.379. The van der Waals surface area contributed by atoms with Gasteiger partial charge in [0.2, 0.25) is 0 Å². The van der Waals surface area contributed by atoms with E-state index in [2.05, 4.69) is 86.1 Å². The molecule has 0 heterocycles. The third-order valence-corrected chi connectivity index (χ3v) is 4.72. The summed E-state index contributed by atoms with van der Waals surface area (Å²) >= 11 is 3.84. The van der Waals surface area contributed by atoms with Crippen molar-refractivity contribution in [3.8, 4) is 0 Å². The van der Waals surface area contributed by atoms with Crippen LogP contribution in [-0.2, 0) is 6.42 Å². The molecule has 1 unspecified atom stereocenters. The van der Waals surface area contributed by atoms with E-state index in [1.807, 2.05) is 0 Å². The molecule has 2 rings (SSSR count). The van der Waals surface area contributed by atoms with Crippen LogP contribution in [0.4, 0.5) is 0 Å². The van der Waals surface area contributed by atoms with E-state index < -0.39 is 0 Å². The van der Waals surface area contributed by atoms with Gasteiger partial charge in [-0.15, -0.1) is 0 Å². The predicted octanol–water partition coefficient (Wildman–Crippen LogP) is 6.11. The fourth-order valence-corrected chi connectivity index (χ4v) is 3.07. The van der Waals surface area contributed by atoms with Gasteiger partial charge in [0.1, 0.15) is 0 Å². The second kappa shape index (κ2) is 6.58. The lowest BCUT2D eigenvalue weighted by Crippen LogP contribution is -1.99. The maximum absolute atomic E-state index is 3.84. The number of hydrogen-bond acceptors (Lipinski definition) is 0. The van der Waals surface area contributed by atoms with Gasteiger partial charge in [-0.2, -0.15) is 0 Å². The lowest BCUT2D eigenvalue weighted by atomic mass is 9.96. The number of alkyl halides is 1. The summed E-state index contributed by atoms with van der Waals surface area (Å²) in [5, 5.41) is 0. The first-order chi connectivity index (χ1) is 9.47. The molecule has 0 nitrogen and oxygen atoms in total. The molecule has 0 radical (unpaired) electrons. The number of aryl methyl sites for hydroxylation is 2. The Bertz CT molecular complexity index is 567. The van der Waals surface area contributed by atoms with Crippen LogP contribution >= 0.6 is 15.9 Å². The predicted molar refractivity (Wildman–Crippen MR) is 91.8 cm³/mol. The van der Waals surface area contributed by atoms with E-state index >= 15 is 0 Å². The van der Waals surface area contributed by atoms with Crippen LogP contribution in [-0.4, -0.2) is 0 Å². The monoisotopic (exact) mass is 330 g/mol. The van der Waals surface area contributed by atoms with Crippen molar-refractivity contribution in [2.24, 2.45) is 0 Å². The molecule has 1 atom stereocenters. The van der Waals surface area contributed by atoms with Crippen LogP contribution in [0.25, 0.3) is 0 Å². The molecule has 0 aliphatic carbocycles. The van der Waals surface area contributed by atoms with Gasteiger partial charge in [0.25, 0.3) is 0 Å². The Kier molecular flexibility index (Phi) is 5.04. The molecule has 2 aromatic carbocycles. The van der Waals surface area contributed by atoms with Crippen LogP contribution < -0.4 is 0 Å². The highest BCUT2D eigenvalue weighted by molar-refractivity contribution is 9.09. The summed E-state index contributed by atoms with van der Waals surface area (Å²) in [5.74, 6) is 0.594. The summed E-state index contributed by atoms with van der Waals surface area (Å²) in [7, 11) is 0. The van der Waals surface area contributed by atoms with E-state index in [0.29, 0.717) is 10.7 Å². The van der Waals surface area contributed by atoms with E-state index in [9.17, 15) is 0 Å². The Labute approximate surface area is 131 Å². The summed E-state index contributed by atoms with van der Waals surface area (Å²) in [6.45, 7) is 8.81. The SMILES string of the molecule is Cc1ccc(C)c(CC(Br)c2ccc(C(C)C)cc2)c1. The largest absolute Gasteiger partial charge is 0.0835 e. The van der Waals surface area contributed by atoms with Crippen LogP contribution in [0.15, 0.2) is 42.5 Å². The molecule has 0 aliphatic rings. The molecule has 106 valence electrons. The average molecular weight is 331 g/mol. The zero-order chi connectivity index (χ0) is 14.7. The zero-order valence-electron chi connectivity index (χ0n) is 12.8. The molecule has 0 N–H and O–H groups in total. The smallest absolute Gasteiger partial charge is 0.0435 e. The van der Waals surface area contributed by atoms with Crippen LogP contribution in [0, 0.1) is 13.8 Å². The van der Waals surface area contributed by atoms with Crippen molar-refractivity contribution in [3.63, 3.8) is 0 Å². The Hall–Kier alpha value is -1.08. The van der Waals surface area contributed by atoms with Gasteiger partial charge in [-0.25, -0.2) is 0 Å². The summed E-state index contributed by atoms with van der Waals surface area (Å²) in [4.78, 5) is 0.379. The van der Waals surface area contributed by atoms with Crippen LogP contribution in [0.1, 0.15) is 52.4 Å². The van der Waals surface area contributed by atoms with Crippen molar-refractivity contribution >= 4 is 15.9 Å². The van der Waals surface area contributed by atoms with E-state index in [4.69, 9.17) is 0 Å². The Balaban J connectivity index is 2.15. The molecule has 0 saturated carbocycles. The highest BCUT2D eigenvalue weighted by Gasteiger charge is 2.11. The van der Waals surface area contributed by atoms with Gasteiger partial charge in [0.05, 0.1) is 0 Å². The van der Waals surface area contributed by atoms with Gasteiger partial charge in [-0.1, -0.05) is 77.8 Å². The van der Waals surface area contributed by atoms with Gasteiger partial charge >= 0.3 is 0 Å². The lowest BCUT2D eigenvalue weighted by Gasteiger charge is -2.14. The van der Waals surface area contributed by atoms with Crippen molar-refractivity contribution in [1.29, 1.82) is 0 Å². The van der Waals surface area contributed by atoms with Crippen LogP contribution in [0.3, 0.4) is 0 Å². The van der Waals surface area contributed by atoms with E-state index in [0.717, 1.165) is 6.42 Å². The van der Waals surface area contributed by atoms with Gasteiger partial charge in [-0.3, -0.25) is 0 Å². The third kappa shape index (κ3) is 3.73. The molecule has 0 fully saturated rings. The molecule has 2 aromatic rings. The van der Waals surface area contributed by atoms with Gasteiger partial charge in [0, 0.05) is 4.83 Å². The second-order valence-electron chi connectivity index (χ2n) is 5.92. The topological polar surface area (TPSA) is 0 Å². The molecule has 0 aliphatic heterocycles. The summed E-state index contributed by atoms with van der Waals surface area (Å²) < 4.78 is 0. The van der Waals surface area contributed by atoms with Crippen molar-refractivity contribution in [1.82, 2.24) is 0 Å². The lowest BCUT2D eigenvalue weighted by molar-refractivity contribution is 0.862. The Morgan fingerprint density at radius 2 is 1.50 bits per heavy atom. The zero-order valence-corrected chi connectivity index (χ0v) is 14.4. The highest BCUT2D eigenvalue weighted by atomic mass is 79.9.